The van der Waals surface area contributed by atoms with Crippen LogP contribution in [0.2, 0.25) is 0 Å². The van der Waals surface area contributed by atoms with Crippen LogP contribution in [0.3, 0.4) is 0 Å². The fourth-order valence-electron chi connectivity index (χ4n) is 4.39. The number of benzene rings is 1. The summed E-state index contributed by atoms with van der Waals surface area (Å²) in [6.45, 7) is 4.09. The first-order chi connectivity index (χ1) is 16.9. The molecular weight excluding hydrogens is 508 g/mol. The number of nitrogens with zero attached hydrogens (tertiary/aromatic N) is 2. The molecule has 2 aromatic rings. The highest BCUT2D eigenvalue weighted by Crippen LogP contribution is 2.33. The Hall–Kier alpha value is -2.15. The number of aromatic nitrogens is 1. The molecule has 1 aliphatic carbocycles. The largest absolute Gasteiger partial charge is 0.372 e. The third-order valence-corrected chi connectivity index (χ3v) is 8.64. The molecule has 3 N–H and O–H groups in total. The first kappa shape index (κ1) is 28.4. The topological polar surface area (TPSA) is 103 Å². The average molecular weight is 544 g/mol. The van der Waals surface area contributed by atoms with Crippen LogP contribution in [-0.4, -0.2) is 63.1 Å². The van der Waals surface area contributed by atoms with E-state index in [9.17, 15) is 22.0 Å². The number of rotatable bonds is 11. The van der Waals surface area contributed by atoms with Gasteiger partial charge in [0.05, 0.1) is 11.3 Å². The number of hydrogen-bond donors (Lipinski definition) is 3. The maximum Gasteiger partial charge on any atom is 0.212 e. The van der Waals surface area contributed by atoms with Gasteiger partial charge in [-0.15, -0.1) is 0 Å². The lowest BCUT2D eigenvalue weighted by Gasteiger charge is -2.29. The van der Waals surface area contributed by atoms with Gasteiger partial charge in [-0.3, -0.25) is 4.79 Å². The van der Waals surface area contributed by atoms with Crippen molar-refractivity contribution in [3.05, 3.63) is 39.8 Å². The van der Waals surface area contributed by atoms with Gasteiger partial charge in [-0.1, -0.05) is 25.2 Å². The van der Waals surface area contributed by atoms with Crippen LogP contribution in [0, 0.1) is 17.6 Å². The molecule has 1 aromatic heterocycles. The predicted octanol–water partition coefficient (Wildman–Crippen LogP) is 4.05. The minimum absolute atomic E-state index is 0.0495. The van der Waals surface area contributed by atoms with Crippen molar-refractivity contribution in [2.45, 2.75) is 58.2 Å². The van der Waals surface area contributed by atoms with Crippen LogP contribution in [0.25, 0.3) is 0 Å². The Morgan fingerprint density at radius 3 is 2.25 bits per heavy atom. The second kappa shape index (κ2) is 11.9. The summed E-state index contributed by atoms with van der Waals surface area (Å²) in [5, 5.41) is 6.61. The van der Waals surface area contributed by atoms with E-state index in [1.54, 1.807) is 26.0 Å². The van der Waals surface area contributed by atoms with Gasteiger partial charge in [0, 0.05) is 25.7 Å². The molecule has 0 atom stereocenters. The minimum atomic E-state index is -3.30. The normalized spacial score (nSPS) is 18.6. The molecule has 1 heterocycles. The smallest absolute Gasteiger partial charge is 0.212 e. The zero-order chi connectivity index (χ0) is 26.6. The molecular formula is C24H35F2N5O3S2. The number of carbonyl (C=O) groups excluding carboxylic acids is 1. The molecule has 0 radical (unpaired) electrons. The molecule has 1 aliphatic rings. The van der Waals surface area contributed by atoms with Crippen LogP contribution in [0.4, 0.5) is 19.7 Å². The van der Waals surface area contributed by atoms with E-state index in [1.165, 1.54) is 12.1 Å². The van der Waals surface area contributed by atoms with Gasteiger partial charge in [0.15, 0.2) is 10.9 Å². The molecule has 12 heteroatoms. The summed E-state index contributed by atoms with van der Waals surface area (Å²) in [6, 6.07) is 2.32. The van der Waals surface area contributed by atoms with E-state index in [0.29, 0.717) is 30.1 Å². The number of sulfonamides is 1. The molecule has 1 fully saturated rings. The van der Waals surface area contributed by atoms with E-state index in [2.05, 4.69) is 20.3 Å². The maximum absolute atomic E-state index is 14.8. The van der Waals surface area contributed by atoms with E-state index >= 15 is 0 Å². The third-order valence-electron chi connectivity index (χ3n) is 5.85. The van der Waals surface area contributed by atoms with Gasteiger partial charge < -0.3 is 15.5 Å². The number of halogens is 2. The molecule has 0 aliphatic heterocycles. The molecule has 1 aromatic carbocycles. The second-order valence-corrected chi connectivity index (χ2v) is 12.7. The van der Waals surface area contributed by atoms with E-state index in [-0.39, 0.29) is 34.4 Å². The van der Waals surface area contributed by atoms with Gasteiger partial charge in [0.2, 0.25) is 15.8 Å². The highest BCUT2D eigenvalue weighted by molar-refractivity contribution is 7.89. The molecule has 0 unspecified atom stereocenters. The monoisotopic (exact) mass is 543 g/mol. The van der Waals surface area contributed by atoms with Crippen molar-refractivity contribution >= 4 is 38.1 Å². The SMILES string of the molecule is CNc1nc(N[C@H]2CC[C@H](NS(=O)(=O)CC(C)C)CC2)sc1C(=O)c1c(F)cc(CN(C)C)cc1F. The van der Waals surface area contributed by atoms with Crippen LogP contribution in [0.5, 0.6) is 0 Å². The fourth-order valence-corrected chi connectivity index (χ4v) is 7.10. The van der Waals surface area contributed by atoms with Crippen molar-refractivity contribution in [2.75, 3.05) is 37.5 Å². The summed E-state index contributed by atoms with van der Waals surface area (Å²) in [7, 11) is 1.87. The van der Waals surface area contributed by atoms with E-state index in [4.69, 9.17) is 0 Å². The maximum atomic E-state index is 14.8. The third kappa shape index (κ3) is 7.44. The summed E-state index contributed by atoms with van der Waals surface area (Å²) in [5.74, 6) is -2.16. The molecule has 0 spiro atoms. The Labute approximate surface area is 215 Å². The lowest BCUT2D eigenvalue weighted by Crippen LogP contribution is -2.41. The number of hydrogen-bond acceptors (Lipinski definition) is 8. The number of anilines is 2. The molecule has 1 saturated carbocycles. The lowest BCUT2D eigenvalue weighted by atomic mass is 9.92. The Bertz CT molecular complexity index is 1150. The van der Waals surface area contributed by atoms with Gasteiger partial charge in [0.1, 0.15) is 16.5 Å². The summed E-state index contributed by atoms with van der Waals surface area (Å²) in [5.41, 5.74) is -0.160. The zero-order valence-corrected chi connectivity index (χ0v) is 23.0. The fraction of sp³-hybridized carbons (Fsp3) is 0.583. The molecule has 0 saturated heterocycles. The van der Waals surface area contributed by atoms with E-state index in [1.807, 2.05) is 13.8 Å². The van der Waals surface area contributed by atoms with Gasteiger partial charge in [-0.2, -0.15) is 0 Å². The number of carbonyl (C=O) groups is 1. The Kier molecular flexibility index (Phi) is 9.42. The number of nitrogens with one attached hydrogen (secondary N) is 3. The van der Waals surface area contributed by atoms with E-state index in [0.717, 1.165) is 24.2 Å². The molecule has 0 bridgehead atoms. The highest BCUT2D eigenvalue weighted by Gasteiger charge is 2.28. The van der Waals surface area contributed by atoms with Crippen molar-refractivity contribution in [1.29, 1.82) is 0 Å². The van der Waals surface area contributed by atoms with Gasteiger partial charge in [-0.05, 0) is 63.4 Å². The quantitative estimate of drug-likeness (QED) is 0.368. The minimum Gasteiger partial charge on any atom is -0.372 e. The summed E-state index contributed by atoms with van der Waals surface area (Å²) in [6.07, 6.45) is 2.81. The first-order valence-electron chi connectivity index (χ1n) is 12.0. The molecule has 3 rings (SSSR count). The average Bonchev–Trinajstić information content (AvgIpc) is 3.15. The number of ketones is 1. The number of thiazole rings is 1. The van der Waals surface area contributed by atoms with Crippen molar-refractivity contribution in [1.82, 2.24) is 14.6 Å². The molecule has 8 nitrogen and oxygen atoms in total. The van der Waals surface area contributed by atoms with Crippen molar-refractivity contribution < 1.29 is 22.0 Å². The first-order valence-corrected chi connectivity index (χ1v) is 14.5. The standard InChI is InChI=1S/C24H35F2N5O3S2/c1-14(2)13-36(33,34)30-17-8-6-16(7-9-17)28-24-29-23(27-3)22(35-24)21(32)20-18(25)10-15(11-19(20)26)12-31(4)5/h10-11,14,16-17,27,30H,6-9,12-13H2,1-5H3,(H,28,29)/t16-,17-. The molecule has 36 heavy (non-hydrogen) atoms. The van der Waals surface area contributed by atoms with Crippen LogP contribution in [0.1, 0.15) is 60.3 Å². The summed E-state index contributed by atoms with van der Waals surface area (Å²) in [4.78, 5) is 19.4. The van der Waals surface area contributed by atoms with Gasteiger partial charge in [-0.25, -0.2) is 26.9 Å². The van der Waals surface area contributed by atoms with Crippen molar-refractivity contribution in [3.63, 3.8) is 0 Å². The van der Waals surface area contributed by atoms with Gasteiger partial charge in [0.25, 0.3) is 0 Å². The zero-order valence-electron chi connectivity index (χ0n) is 21.3. The molecule has 0 amide bonds. The Morgan fingerprint density at radius 1 is 1.14 bits per heavy atom. The second-order valence-electron chi connectivity index (χ2n) is 9.93. The van der Waals surface area contributed by atoms with Gasteiger partial charge >= 0.3 is 0 Å². The summed E-state index contributed by atoms with van der Waals surface area (Å²) < 4.78 is 56.7. The summed E-state index contributed by atoms with van der Waals surface area (Å²) >= 11 is 1.04. The lowest BCUT2D eigenvalue weighted by molar-refractivity contribution is 0.103. The molecule has 200 valence electrons. The highest BCUT2D eigenvalue weighted by atomic mass is 32.2. The van der Waals surface area contributed by atoms with E-state index < -0.39 is 33.0 Å². The van der Waals surface area contributed by atoms with Crippen molar-refractivity contribution in [3.8, 4) is 0 Å². The van der Waals surface area contributed by atoms with Crippen molar-refractivity contribution in [2.24, 2.45) is 5.92 Å². The van der Waals surface area contributed by atoms with Crippen LogP contribution < -0.4 is 15.4 Å². The van der Waals surface area contributed by atoms with Crippen LogP contribution >= 0.6 is 11.3 Å². The Morgan fingerprint density at radius 2 is 1.72 bits per heavy atom. The van der Waals surface area contributed by atoms with Crippen LogP contribution in [0.15, 0.2) is 12.1 Å². The van der Waals surface area contributed by atoms with Crippen LogP contribution in [-0.2, 0) is 16.6 Å². The Balaban J connectivity index is 1.68. The predicted molar refractivity (Wildman–Crippen MR) is 140 cm³/mol.